The topological polar surface area (TPSA) is 59.2 Å². The van der Waals surface area contributed by atoms with E-state index in [2.05, 4.69) is 10.2 Å². The van der Waals surface area contributed by atoms with Crippen LogP contribution in [-0.2, 0) is 4.79 Å². The Morgan fingerprint density at radius 3 is 3.11 bits per heavy atom. The van der Waals surface area contributed by atoms with Gasteiger partial charge in [-0.05, 0) is 17.9 Å². The van der Waals surface area contributed by atoms with Gasteiger partial charge < -0.3 is 9.32 Å². The summed E-state index contributed by atoms with van der Waals surface area (Å²) in [5.74, 6) is 0.655. The maximum atomic E-state index is 11.8. The molecule has 0 spiro atoms. The molecule has 1 fully saturated rings. The third-order valence-corrected chi connectivity index (χ3v) is 4.71. The minimum absolute atomic E-state index is 0.0911. The molecule has 1 aliphatic rings. The van der Waals surface area contributed by atoms with E-state index in [-0.39, 0.29) is 11.2 Å². The fourth-order valence-electron chi connectivity index (χ4n) is 1.78. The first kappa shape index (κ1) is 11.7. The van der Waals surface area contributed by atoms with Crippen molar-refractivity contribution in [1.29, 1.82) is 0 Å². The predicted molar refractivity (Wildman–Crippen MR) is 69.5 cm³/mol. The van der Waals surface area contributed by atoms with Crippen LogP contribution in [0.25, 0.3) is 10.8 Å². The van der Waals surface area contributed by atoms with Gasteiger partial charge in [-0.1, -0.05) is 17.8 Å². The lowest BCUT2D eigenvalue weighted by molar-refractivity contribution is -0.126. The summed E-state index contributed by atoms with van der Waals surface area (Å²) in [6.07, 6.45) is 0.830. The Bertz CT molecular complexity index is 552. The van der Waals surface area contributed by atoms with E-state index in [0.29, 0.717) is 11.1 Å². The zero-order valence-corrected chi connectivity index (χ0v) is 11.3. The fourth-order valence-corrected chi connectivity index (χ4v) is 3.39. The van der Waals surface area contributed by atoms with E-state index in [0.717, 1.165) is 17.8 Å². The molecule has 18 heavy (non-hydrogen) atoms. The van der Waals surface area contributed by atoms with Crippen LogP contribution in [0.15, 0.2) is 27.2 Å². The highest BCUT2D eigenvalue weighted by atomic mass is 32.2. The number of aromatic nitrogens is 2. The van der Waals surface area contributed by atoms with Crippen molar-refractivity contribution >= 4 is 29.0 Å². The highest BCUT2D eigenvalue weighted by Gasteiger charge is 2.31. The van der Waals surface area contributed by atoms with Gasteiger partial charge in [0, 0.05) is 13.6 Å². The van der Waals surface area contributed by atoms with Crippen molar-refractivity contribution in [3.63, 3.8) is 0 Å². The third-order valence-electron chi connectivity index (χ3n) is 2.76. The number of rotatable bonds is 3. The minimum atomic E-state index is -0.0911. The monoisotopic (exact) mass is 281 g/mol. The van der Waals surface area contributed by atoms with Crippen LogP contribution in [0.5, 0.6) is 0 Å². The maximum Gasteiger partial charge on any atom is 0.277 e. The zero-order valence-electron chi connectivity index (χ0n) is 9.70. The SMILES string of the molecule is CN1CC[C@H](Sc2nnc(-c3cccs3)o2)C1=O. The summed E-state index contributed by atoms with van der Waals surface area (Å²) in [7, 11) is 1.81. The molecule has 5 nitrogen and oxygen atoms in total. The molecule has 1 aliphatic heterocycles. The average Bonchev–Trinajstić information content (AvgIpc) is 3.06. The second-order valence-corrected chi connectivity index (χ2v) is 6.11. The first-order chi connectivity index (χ1) is 8.74. The van der Waals surface area contributed by atoms with E-state index < -0.39 is 0 Å². The molecule has 2 aromatic rings. The fraction of sp³-hybridized carbons (Fsp3) is 0.364. The molecule has 1 amide bonds. The van der Waals surface area contributed by atoms with Crippen molar-refractivity contribution in [2.45, 2.75) is 16.9 Å². The van der Waals surface area contributed by atoms with E-state index in [1.165, 1.54) is 11.8 Å². The maximum absolute atomic E-state index is 11.8. The number of hydrogen-bond acceptors (Lipinski definition) is 6. The molecule has 0 radical (unpaired) electrons. The van der Waals surface area contributed by atoms with E-state index in [4.69, 9.17) is 4.42 Å². The molecule has 7 heteroatoms. The molecule has 0 N–H and O–H groups in total. The number of carbonyl (C=O) groups excluding carboxylic acids is 1. The Hall–Kier alpha value is -1.34. The van der Waals surface area contributed by atoms with Gasteiger partial charge in [0.25, 0.3) is 11.1 Å². The smallest absolute Gasteiger partial charge is 0.277 e. The molecule has 2 aromatic heterocycles. The highest BCUT2D eigenvalue weighted by molar-refractivity contribution is 8.00. The van der Waals surface area contributed by atoms with Gasteiger partial charge >= 0.3 is 0 Å². The van der Waals surface area contributed by atoms with Crippen LogP contribution < -0.4 is 0 Å². The second kappa shape index (κ2) is 4.74. The number of thioether (sulfide) groups is 1. The van der Waals surface area contributed by atoms with Crippen LogP contribution in [-0.4, -0.2) is 39.8 Å². The van der Waals surface area contributed by atoms with Gasteiger partial charge in [0.1, 0.15) is 0 Å². The molecule has 0 bridgehead atoms. The van der Waals surface area contributed by atoms with E-state index in [1.807, 2.05) is 24.6 Å². The van der Waals surface area contributed by atoms with Gasteiger partial charge in [-0.15, -0.1) is 21.5 Å². The molecule has 0 unspecified atom stereocenters. The number of amides is 1. The van der Waals surface area contributed by atoms with Crippen LogP contribution in [0.2, 0.25) is 0 Å². The Labute approximate surface area is 112 Å². The average molecular weight is 281 g/mol. The lowest BCUT2D eigenvalue weighted by Gasteiger charge is -2.07. The largest absolute Gasteiger partial charge is 0.410 e. The molecule has 0 aliphatic carbocycles. The lowest BCUT2D eigenvalue weighted by Crippen LogP contribution is -2.23. The van der Waals surface area contributed by atoms with E-state index in [1.54, 1.807) is 16.2 Å². The van der Waals surface area contributed by atoms with Crippen molar-refractivity contribution in [3.8, 4) is 10.8 Å². The summed E-state index contributed by atoms with van der Waals surface area (Å²) in [5, 5.41) is 10.3. The van der Waals surface area contributed by atoms with Crippen molar-refractivity contribution in [1.82, 2.24) is 15.1 Å². The van der Waals surface area contributed by atoms with Gasteiger partial charge in [0.05, 0.1) is 10.1 Å². The summed E-state index contributed by atoms with van der Waals surface area (Å²) >= 11 is 2.91. The van der Waals surface area contributed by atoms with Crippen molar-refractivity contribution < 1.29 is 9.21 Å². The van der Waals surface area contributed by atoms with Gasteiger partial charge in [-0.3, -0.25) is 4.79 Å². The first-order valence-electron chi connectivity index (χ1n) is 5.53. The van der Waals surface area contributed by atoms with E-state index in [9.17, 15) is 4.79 Å². The van der Waals surface area contributed by atoms with Crippen molar-refractivity contribution in [2.75, 3.05) is 13.6 Å². The van der Waals surface area contributed by atoms with Gasteiger partial charge in [0.2, 0.25) is 5.91 Å². The normalized spacial score (nSPS) is 19.7. The Morgan fingerprint density at radius 2 is 2.44 bits per heavy atom. The number of carbonyl (C=O) groups is 1. The van der Waals surface area contributed by atoms with Gasteiger partial charge in [0.15, 0.2) is 0 Å². The summed E-state index contributed by atoms with van der Waals surface area (Å²) < 4.78 is 5.55. The number of hydrogen-bond donors (Lipinski definition) is 0. The van der Waals surface area contributed by atoms with Crippen LogP contribution in [0.4, 0.5) is 0 Å². The third kappa shape index (κ3) is 2.15. The molecule has 1 atom stereocenters. The summed E-state index contributed by atoms with van der Waals surface area (Å²) in [5.41, 5.74) is 0. The standard InChI is InChI=1S/C11H11N3O2S2/c1-14-5-4-8(10(14)15)18-11-13-12-9(16-11)7-3-2-6-17-7/h2-3,6,8H,4-5H2,1H3/t8-/m0/s1. The first-order valence-corrected chi connectivity index (χ1v) is 7.29. The number of thiophene rings is 1. The summed E-state index contributed by atoms with van der Waals surface area (Å²) in [6.45, 7) is 0.794. The van der Waals surface area contributed by atoms with Crippen LogP contribution in [0.1, 0.15) is 6.42 Å². The van der Waals surface area contributed by atoms with E-state index >= 15 is 0 Å². The lowest BCUT2D eigenvalue weighted by atomic mass is 10.4. The summed E-state index contributed by atoms with van der Waals surface area (Å²) in [6, 6.07) is 3.87. The van der Waals surface area contributed by atoms with Crippen molar-refractivity contribution in [3.05, 3.63) is 17.5 Å². The molecule has 3 heterocycles. The Morgan fingerprint density at radius 1 is 1.56 bits per heavy atom. The highest BCUT2D eigenvalue weighted by Crippen LogP contribution is 2.32. The van der Waals surface area contributed by atoms with Crippen LogP contribution in [0.3, 0.4) is 0 Å². The predicted octanol–water partition coefficient (Wildman–Crippen LogP) is 2.12. The minimum Gasteiger partial charge on any atom is -0.410 e. The zero-order chi connectivity index (χ0) is 12.5. The molecular formula is C11H11N3O2S2. The van der Waals surface area contributed by atoms with Crippen LogP contribution >= 0.6 is 23.1 Å². The number of nitrogens with zero attached hydrogens (tertiary/aromatic N) is 3. The number of likely N-dealkylation sites (tertiary alicyclic amines) is 1. The molecule has 0 saturated carbocycles. The Balaban J connectivity index is 1.73. The Kier molecular flexibility index (Phi) is 3.09. The molecule has 94 valence electrons. The quantitative estimate of drug-likeness (QED) is 0.862. The molecule has 0 aromatic carbocycles. The van der Waals surface area contributed by atoms with Gasteiger partial charge in [-0.2, -0.15) is 0 Å². The van der Waals surface area contributed by atoms with Gasteiger partial charge in [-0.25, -0.2) is 0 Å². The van der Waals surface area contributed by atoms with Crippen molar-refractivity contribution in [2.24, 2.45) is 0 Å². The summed E-state index contributed by atoms with van der Waals surface area (Å²) in [4.78, 5) is 14.4. The molecule has 1 saturated heterocycles. The second-order valence-electron chi connectivity index (χ2n) is 4.01. The molecular weight excluding hydrogens is 270 g/mol. The van der Waals surface area contributed by atoms with Crippen LogP contribution in [0, 0.1) is 0 Å². The molecule has 3 rings (SSSR count).